The maximum absolute atomic E-state index is 14.1. The molecule has 0 bridgehead atoms. The number of nitrogens with zero attached hydrogens (tertiary/aromatic N) is 3. The molecule has 1 amide bonds. The van der Waals surface area contributed by atoms with E-state index in [9.17, 15) is 24.2 Å². The molecule has 2 heterocycles. The highest BCUT2D eigenvalue weighted by atomic mass is 32.2. The molecular weight excluding hydrogens is 553 g/mol. The number of aromatic nitrogens is 2. The van der Waals surface area contributed by atoms with Crippen molar-refractivity contribution in [2.45, 2.75) is 16.1 Å². The Hall–Kier alpha value is -4.48. The number of benzene rings is 3. The van der Waals surface area contributed by atoms with Crippen LogP contribution in [-0.4, -0.2) is 39.2 Å². The van der Waals surface area contributed by atoms with Crippen LogP contribution in [0.5, 0.6) is 11.5 Å². The van der Waals surface area contributed by atoms with Crippen molar-refractivity contribution in [1.29, 1.82) is 0 Å². The summed E-state index contributed by atoms with van der Waals surface area (Å²) in [5.74, 6) is -2.16. The second-order valence-electron chi connectivity index (χ2n) is 8.61. The number of thioether (sulfide) groups is 1. The fourth-order valence-corrected chi connectivity index (χ4v) is 6.03. The Morgan fingerprint density at radius 3 is 2.60 bits per heavy atom. The monoisotopic (exact) mass is 575 g/mol. The summed E-state index contributed by atoms with van der Waals surface area (Å²) in [6.07, 6.45) is 2.88. The minimum absolute atomic E-state index is 0.126. The standard InChI is InChI=1S/C29H22FN3O5S2/c1-38-23-15-18(12-14-21(23)34)25-24(22(35)13-11-17-7-3-2-4-8-17)26(36)27(37)33(25)28-31-32-29(40-28)39-16-19-9-5-6-10-20(19)30/h2-15,25,34,36H,16H2,1H3/b13-11+. The third-order valence-electron chi connectivity index (χ3n) is 6.13. The molecule has 8 nitrogen and oxygen atoms in total. The van der Waals surface area contributed by atoms with Crippen molar-refractivity contribution < 1.29 is 28.9 Å². The number of aliphatic hydroxyl groups excluding tert-OH is 1. The van der Waals surface area contributed by atoms with Crippen LogP contribution in [0.15, 0.2) is 94.5 Å². The van der Waals surface area contributed by atoms with Gasteiger partial charge in [0, 0.05) is 5.75 Å². The maximum atomic E-state index is 14.1. The number of methoxy groups -OCH3 is 1. The summed E-state index contributed by atoms with van der Waals surface area (Å²) in [5.41, 5.74) is 1.51. The van der Waals surface area contributed by atoms with Crippen molar-refractivity contribution in [3.05, 3.63) is 113 Å². The molecule has 1 atom stereocenters. The minimum atomic E-state index is -1.08. The number of aliphatic hydroxyl groups is 1. The largest absolute Gasteiger partial charge is 0.504 e. The number of carbonyl (C=O) groups excluding carboxylic acids is 2. The van der Waals surface area contributed by atoms with Crippen LogP contribution in [0.1, 0.15) is 22.7 Å². The quantitative estimate of drug-likeness (QED) is 0.145. The zero-order valence-corrected chi connectivity index (χ0v) is 22.7. The van der Waals surface area contributed by atoms with Gasteiger partial charge in [-0.3, -0.25) is 14.5 Å². The van der Waals surface area contributed by atoms with Gasteiger partial charge in [-0.2, -0.15) is 0 Å². The van der Waals surface area contributed by atoms with E-state index in [4.69, 9.17) is 4.74 Å². The molecule has 1 unspecified atom stereocenters. The van der Waals surface area contributed by atoms with Crippen LogP contribution in [0.3, 0.4) is 0 Å². The third kappa shape index (κ3) is 5.47. The number of phenolic OH excluding ortho intramolecular Hbond substituents is 1. The van der Waals surface area contributed by atoms with Gasteiger partial charge in [-0.25, -0.2) is 4.39 Å². The lowest BCUT2D eigenvalue weighted by Gasteiger charge is -2.24. The smallest absolute Gasteiger partial charge is 0.296 e. The molecule has 2 N–H and O–H groups in total. The minimum Gasteiger partial charge on any atom is -0.504 e. The lowest BCUT2D eigenvalue weighted by atomic mass is 9.95. The fraction of sp³-hybridized carbons (Fsp3) is 0.103. The fourth-order valence-electron chi connectivity index (χ4n) is 4.17. The maximum Gasteiger partial charge on any atom is 0.296 e. The highest BCUT2D eigenvalue weighted by Crippen LogP contribution is 2.44. The summed E-state index contributed by atoms with van der Waals surface area (Å²) in [6, 6.07) is 18.8. The topological polar surface area (TPSA) is 113 Å². The van der Waals surface area contributed by atoms with Crippen molar-refractivity contribution in [3.8, 4) is 11.5 Å². The van der Waals surface area contributed by atoms with Crippen LogP contribution in [-0.2, 0) is 15.3 Å². The predicted octanol–water partition coefficient (Wildman–Crippen LogP) is 5.87. The molecule has 0 fully saturated rings. The second-order valence-corrected chi connectivity index (χ2v) is 10.8. The summed E-state index contributed by atoms with van der Waals surface area (Å²) < 4.78 is 19.8. The number of anilines is 1. The number of phenols is 1. The molecule has 1 aliphatic rings. The van der Waals surface area contributed by atoms with E-state index >= 15 is 0 Å². The number of hydrogen-bond donors (Lipinski definition) is 2. The molecule has 40 heavy (non-hydrogen) atoms. The summed E-state index contributed by atoms with van der Waals surface area (Å²) in [4.78, 5) is 28.0. The second kappa shape index (κ2) is 11.7. The average Bonchev–Trinajstić information content (AvgIpc) is 3.54. The molecule has 0 spiro atoms. The van der Waals surface area contributed by atoms with Gasteiger partial charge in [0.25, 0.3) is 5.91 Å². The van der Waals surface area contributed by atoms with E-state index in [2.05, 4.69) is 10.2 Å². The predicted molar refractivity (Wildman–Crippen MR) is 151 cm³/mol. The van der Waals surface area contributed by atoms with Gasteiger partial charge in [0.1, 0.15) is 5.82 Å². The zero-order valence-electron chi connectivity index (χ0n) is 21.0. The summed E-state index contributed by atoms with van der Waals surface area (Å²) in [6.45, 7) is 0. The Bertz CT molecular complexity index is 1640. The highest BCUT2D eigenvalue weighted by Gasteiger charge is 2.45. The SMILES string of the molecule is COc1cc(C2C(C(=O)/C=C/c3ccccc3)=C(O)C(=O)N2c2nnc(SCc3ccccc3F)s2)ccc1O. The molecule has 5 rings (SSSR count). The first-order valence-electron chi connectivity index (χ1n) is 12.0. The molecule has 1 aliphatic heterocycles. The first kappa shape index (κ1) is 27.1. The van der Waals surface area contributed by atoms with Crippen LogP contribution in [0, 0.1) is 5.82 Å². The van der Waals surface area contributed by atoms with Crippen molar-refractivity contribution in [2.24, 2.45) is 0 Å². The number of ether oxygens (including phenoxy) is 1. The lowest BCUT2D eigenvalue weighted by molar-refractivity contribution is -0.117. The molecule has 1 aromatic heterocycles. The van der Waals surface area contributed by atoms with Gasteiger partial charge in [-0.05, 0) is 41.0 Å². The van der Waals surface area contributed by atoms with Gasteiger partial charge in [-0.15, -0.1) is 10.2 Å². The van der Waals surface area contributed by atoms with Crippen LogP contribution in [0.2, 0.25) is 0 Å². The number of carbonyl (C=O) groups is 2. The van der Waals surface area contributed by atoms with E-state index in [1.54, 1.807) is 24.3 Å². The van der Waals surface area contributed by atoms with E-state index < -0.39 is 23.5 Å². The van der Waals surface area contributed by atoms with E-state index in [-0.39, 0.29) is 28.0 Å². The average molecular weight is 576 g/mol. The number of halogens is 1. The van der Waals surface area contributed by atoms with Crippen molar-refractivity contribution in [3.63, 3.8) is 0 Å². The Balaban J connectivity index is 1.50. The van der Waals surface area contributed by atoms with Crippen molar-refractivity contribution in [2.75, 3.05) is 12.0 Å². The molecule has 0 saturated carbocycles. The molecule has 202 valence electrons. The first-order valence-corrected chi connectivity index (χ1v) is 13.8. The Kier molecular flexibility index (Phi) is 7.94. The number of hydrogen-bond acceptors (Lipinski definition) is 9. The Morgan fingerprint density at radius 2 is 1.85 bits per heavy atom. The molecule has 0 saturated heterocycles. The number of aromatic hydroxyl groups is 1. The number of amides is 1. The number of allylic oxidation sites excluding steroid dienone is 1. The van der Waals surface area contributed by atoms with Crippen molar-refractivity contribution in [1.82, 2.24) is 10.2 Å². The van der Waals surface area contributed by atoms with Crippen LogP contribution in [0.4, 0.5) is 9.52 Å². The number of rotatable bonds is 9. The summed E-state index contributed by atoms with van der Waals surface area (Å²) in [5, 5.41) is 29.5. The van der Waals surface area contributed by atoms with Gasteiger partial charge in [0.15, 0.2) is 27.4 Å². The Labute approximate surface area is 237 Å². The zero-order chi connectivity index (χ0) is 28.2. The molecule has 4 aromatic rings. The van der Waals surface area contributed by atoms with Crippen LogP contribution < -0.4 is 9.64 Å². The first-order chi connectivity index (χ1) is 19.4. The van der Waals surface area contributed by atoms with Gasteiger partial charge in [0.05, 0.1) is 18.7 Å². The number of ketones is 1. The molecule has 0 radical (unpaired) electrons. The van der Waals surface area contributed by atoms with Crippen molar-refractivity contribution >= 4 is 46.0 Å². The third-order valence-corrected chi connectivity index (χ3v) is 8.24. The molecular formula is C29H22FN3O5S2. The van der Waals surface area contributed by atoms with E-state index in [0.717, 1.165) is 16.9 Å². The highest BCUT2D eigenvalue weighted by molar-refractivity contribution is 8.00. The van der Waals surface area contributed by atoms with E-state index in [1.165, 1.54) is 54.1 Å². The summed E-state index contributed by atoms with van der Waals surface area (Å²) >= 11 is 2.32. The van der Waals surface area contributed by atoms with Crippen LogP contribution in [0.25, 0.3) is 6.08 Å². The molecule has 11 heteroatoms. The van der Waals surface area contributed by atoms with Gasteiger partial charge in [-0.1, -0.05) is 83.8 Å². The summed E-state index contributed by atoms with van der Waals surface area (Å²) in [7, 11) is 1.38. The van der Waals surface area contributed by atoms with Gasteiger partial charge >= 0.3 is 0 Å². The van der Waals surface area contributed by atoms with E-state index in [0.29, 0.717) is 21.2 Å². The molecule has 0 aliphatic carbocycles. The normalized spacial score (nSPS) is 15.3. The molecule has 3 aromatic carbocycles. The van der Waals surface area contributed by atoms with E-state index in [1.807, 2.05) is 30.3 Å². The van der Waals surface area contributed by atoms with Gasteiger partial charge < -0.3 is 14.9 Å². The lowest BCUT2D eigenvalue weighted by Crippen LogP contribution is -2.30. The Morgan fingerprint density at radius 1 is 1.10 bits per heavy atom. The van der Waals surface area contributed by atoms with Crippen LogP contribution >= 0.6 is 23.1 Å². The van der Waals surface area contributed by atoms with Gasteiger partial charge in [0.2, 0.25) is 5.13 Å².